The number of urea groups is 1. The molecule has 0 atom stereocenters. The fourth-order valence-electron chi connectivity index (χ4n) is 4.25. The van der Waals surface area contributed by atoms with Gasteiger partial charge in [-0.25, -0.2) is 9.69 Å². The predicted octanol–water partition coefficient (Wildman–Crippen LogP) is 5.70. The fraction of sp³-hybridized carbons (Fsp3) is 0.0938. The molecule has 1 aliphatic rings. The van der Waals surface area contributed by atoms with Crippen molar-refractivity contribution in [3.8, 4) is 17.2 Å². The van der Waals surface area contributed by atoms with Gasteiger partial charge in [0.15, 0.2) is 11.5 Å². The van der Waals surface area contributed by atoms with E-state index in [4.69, 9.17) is 13.7 Å². The van der Waals surface area contributed by atoms with Gasteiger partial charge < -0.3 is 13.7 Å². The van der Waals surface area contributed by atoms with Gasteiger partial charge in [-0.2, -0.15) is 8.42 Å². The number of anilines is 1. The number of carbonyl (C=O) groups excluding carboxylic acids is 3. The molecule has 0 radical (unpaired) electrons. The molecular weight excluding hydrogens is 699 g/mol. The molecule has 4 amide bonds. The van der Waals surface area contributed by atoms with E-state index in [1.165, 1.54) is 30.3 Å². The van der Waals surface area contributed by atoms with E-state index in [1.54, 1.807) is 49.4 Å². The molecule has 0 spiro atoms. The van der Waals surface area contributed by atoms with Gasteiger partial charge in [0.25, 0.3) is 11.8 Å². The summed E-state index contributed by atoms with van der Waals surface area (Å²) in [4.78, 5) is 39.8. The average molecular weight is 725 g/mol. The summed E-state index contributed by atoms with van der Waals surface area (Å²) in [5, 5.41) is 2.20. The molecule has 1 N–H and O–H groups in total. The number of rotatable bonds is 10. The molecule has 1 aliphatic heterocycles. The molecule has 0 saturated carbocycles. The Bertz CT molecular complexity index is 1840. The average Bonchev–Trinajstić information content (AvgIpc) is 3.01. The highest BCUT2D eigenvalue weighted by molar-refractivity contribution is 14.1. The molecule has 10 nitrogen and oxygen atoms in total. The van der Waals surface area contributed by atoms with Crippen molar-refractivity contribution in [3.63, 3.8) is 0 Å². The van der Waals surface area contributed by atoms with Crippen molar-refractivity contribution >= 4 is 62.3 Å². The van der Waals surface area contributed by atoms with Gasteiger partial charge in [0.05, 0.1) is 15.9 Å². The van der Waals surface area contributed by atoms with Crippen LogP contribution >= 0.6 is 22.6 Å². The highest BCUT2D eigenvalue weighted by Crippen LogP contribution is 2.37. The van der Waals surface area contributed by atoms with Crippen molar-refractivity contribution in [1.82, 2.24) is 5.32 Å². The molecule has 44 heavy (non-hydrogen) atoms. The summed E-state index contributed by atoms with van der Waals surface area (Å²) in [5.41, 5.74) is 1.25. The van der Waals surface area contributed by atoms with E-state index in [0.29, 0.717) is 21.5 Å². The predicted molar refractivity (Wildman–Crippen MR) is 171 cm³/mol. The lowest BCUT2D eigenvalue weighted by Crippen LogP contribution is -2.54. The topological polar surface area (TPSA) is 128 Å². The van der Waals surface area contributed by atoms with Gasteiger partial charge >= 0.3 is 16.1 Å². The van der Waals surface area contributed by atoms with E-state index >= 15 is 0 Å². The van der Waals surface area contributed by atoms with Gasteiger partial charge in [-0.05, 0) is 95.2 Å². The number of hydrogen-bond donors (Lipinski definition) is 1. The van der Waals surface area contributed by atoms with Crippen LogP contribution in [0.4, 0.5) is 10.5 Å². The van der Waals surface area contributed by atoms with Crippen LogP contribution in [0, 0.1) is 3.57 Å². The molecule has 1 saturated heterocycles. The van der Waals surface area contributed by atoms with E-state index in [1.807, 2.05) is 52.9 Å². The Morgan fingerprint density at radius 3 is 2.18 bits per heavy atom. The second kappa shape index (κ2) is 13.3. The molecule has 0 unspecified atom stereocenters. The first-order valence-electron chi connectivity index (χ1n) is 13.3. The molecular formula is C32H25IN2O8S. The Morgan fingerprint density at radius 2 is 1.52 bits per heavy atom. The van der Waals surface area contributed by atoms with Crippen LogP contribution in [0.3, 0.4) is 0 Å². The van der Waals surface area contributed by atoms with Gasteiger partial charge in [-0.3, -0.25) is 14.9 Å². The summed E-state index contributed by atoms with van der Waals surface area (Å²) in [6.07, 6.45) is 1.30. The first kappa shape index (κ1) is 30.8. The number of nitrogens with zero attached hydrogens (tertiary/aromatic N) is 1. The normalized spacial score (nSPS) is 14.4. The highest BCUT2D eigenvalue weighted by atomic mass is 127. The third kappa shape index (κ3) is 6.92. The van der Waals surface area contributed by atoms with Gasteiger partial charge in [0.2, 0.25) is 0 Å². The second-order valence-electron chi connectivity index (χ2n) is 9.34. The summed E-state index contributed by atoms with van der Waals surface area (Å²) in [7, 11) is -4.17. The molecule has 1 heterocycles. The van der Waals surface area contributed by atoms with Gasteiger partial charge in [0, 0.05) is 0 Å². The van der Waals surface area contributed by atoms with Crippen LogP contribution in [0.5, 0.6) is 17.2 Å². The van der Waals surface area contributed by atoms with Crippen molar-refractivity contribution < 1.29 is 36.5 Å². The lowest BCUT2D eigenvalue weighted by Gasteiger charge is -2.26. The monoisotopic (exact) mass is 724 g/mol. The van der Waals surface area contributed by atoms with Gasteiger partial charge in [0.1, 0.15) is 22.8 Å². The minimum Gasteiger partial charge on any atom is -0.490 e. The van der Waals surface area contributed by atoms with Crippen LogP contribution in [0.1, 0.15) is 18.1 Å². The zero-order valence-electron chi connectivity index (χ0n) is 23.2. The maximum Gasteiger partial charge on any atom is 0.339 e. The number of amides is 4. The molecule has 5 rings (SSSR count). The van der Waals surface area contributed by atoms with E-state index in [2.05, 4.69) is 5.32 Å². The number of ether oxygens (including phenoxy) is 2. The van der Waals surface area contributed by atoms with Crippen molar-refractivity contribution in [2.24, 2.45) is 0 Å². The minimum absolute atomic E-state index is 0.0329. The largest absolute Gasteiger partial charge is 0.490 e. The Labute approximate surface area is 267 Å². The fourth-order valence-corrected chi connectivity index (χ4v) is 6.11. The maximum atomic E-state index is 13.5. The lowest BCUT2D eigenvalue weighted by atomic mass is 10.1. The second-order valence-corrected chi connectivity index (χ2v) is 12.0. The Hall–Kier alpha value is -4.69. The highest BCUT2D eigenvalue weighted by Gasteiger charge is 2.37. The third-order valence-electron chi connectivity index (χ3n) is 6.31. The summed E-state index contributed by atoms with van der Waals surface area (Å²) in [6.45, 7) is 2.24. The summed E-state index contributed by atoms with van der Waals surface area (Å²) >= 11 is 1.88. The van der Waals surface area contributed by atoms with Crippen LogP contribution in [0.25, 0.3) is 6.08 Å². The van der Waals surface area contributed by atoms with E-state index in [0.717, 1.165) is 10.5 Å². The molecule has 1 fully saturated rings. The van der Waals surface area contributed by atoms with Crippen LogP contribution < -0.4 is 23.9 Å². The Morgan fingerprint density at radius 1 is 0.864 bits per heavy atom. The van der Waals surface area contributed by atoms with Crippen LogP contribution in [-0.2, 0) is 26.3 Å². The number of benzene rings is 4. The molecule has 224 valence electrons. The first-order chi connectivity index (χ1) is 21.2. The minimum atomic E-state index is -4.17. The van der Waals surface area contributed by atoms with Crippen LogP contribution in [-0.4, -0.2) is 32.9 Å². The smallest absolute Gasteiger partial charge is 0.339 e. The molecule has 0 aliphatic carbocycles. The molecule has 0 bridgehead atoms. The third-order valence-corrected chi connectivity index (χ3v) is 8.35. The Balaban J connectivity index is 1.40. The van der Waals surface area contributed by atoms with Crippen molar-refractivity contribution in [2.45, 2.75) is 18.4 Å². The number of nitrogens with one attached hydrogen (secondary N) is 1. The van der Waals surface area contributed by atoms with Crippen molar-refractivity contribution in [1.29, 1.82) is 0 Å². The van der Waals surface area contributed by atoms with Crippen molar-refractivity contribution in [3.05, 3.63) is 117 Å². The molecule has 0 aromatic heterocycles. The SMILES string of the molecule is CCOc1cc(/C=C2\C(=O)NC(=O)N(c3ccc(OCc4ccccc4)cc3)C2=O)cc(I)c1OS(=O)(=O)c1ccccc1. The quantitative estimate of drug-likeness (QED) is 0.0955. The zero-order valence-corrected chi connectivity index (χ0v) is 26.2. The van der Waals surface area contributed by atoms with Crippen LogP contribution in [0.15, 0.2) is 108 Å². The van der Waals surface area contributed by atoms with Crippen molar-refractivity contribution in [2.75, 3.05) is 11.5 Å². The van der Waals surface area contributed by atoms with E-state index in [-0.39, 0.29) is 34.3 Å². The summed E-state index contributed by atoms with van der Waals surface area (Å²) in [6, 6.07) is 25.7. The number of imide groups is 2. The molecule has 4 aromatic carbocycles. The Kier molecular flexibility index (Phi) is 9.30. The van der Waals surface area contributed by atoms with E-state index in [9.17, 15) is 22.8 Å². The van der Waals surface area contributed by atoms with E-state index < -0.39 is 28.0 Å². The molecule has 4 aromatic rings. The van der Waals surface area contributed by atoms with Gasteiger partial charge in [-0.15, -0.1) is 0 Å². The van der Waals surface area contributed by atoms with Crippen LogP contribution in [0.2, 0.25) is 0 Å². The number of barbiturate groups is 1. The summed E-state index contributed by atoms with van der Waals surface area (Å²) in [5.74, 6) is -1.13. The number of carbonyl (C=O) groups is 3. The first-order valence-corrected chi connectivity index (χ1v) is 15.8. The maximum absolute atomic E-state index is 13.5. The zero-order chi connectivity index (χ0) is 31.3. The molecule has 12 heteroatoms. The standard InChI is InChI=1S/C32H25IN2O8S/c1-2-41-28-19-22(18-27(33)29(28)43-44(39,40)25-11-7-4-8-12-25)17-26-30(36)34-32(38)35(31(26)37)23-13-15-24(16-14-23)42-20-21-9-5-3-6-10-21/h3-19H,2,20H2,1H3,(H,34,36,38)/b26-17+. The number of hydrogen-bond acceptors (Lipinski definition) is 8. The number of halogens is 1. The van der Waals surface area contributed by atoms with Gasteiger partial charge in [-0.1, -0.05) is 48.5 Å². The lowest BCUT2D eigenvalue weighted by molar-refractivity contribution is -0.122. The summed E-state index contributed by atoms with van der Waals surface area (Å²) < 4.78 is 43.0.